The number of carbonyl (C=O) groups excluding carboxylic acids is 1. The molecular formula is C58H57BF2IN7O9S6. The second-order valence-corrected chi connectivity index (χ2v) is 29.8. The first kappa shape index (κ1) is 62.9. The highest BCUT2D eigenvalue weighted by atomic mass is 127. The molecule has 0 radical (unpaired) electrons. The van der Waals surface area contributed by atoms with Gasteiger partial charge in [-0.1, -0.05) is 26.8 Å². The second kappa shape index (κ2) is 26.5. The zero-order chi connectivity index (χ0) is 60.3. The minimum absolute atomic E-state index is 0.0375. The standard InChI is InChI=1S/C27H24FN3O3S.C25H25FIN3O2.C6H8BNO4S.S4/c1-35(32,33)25-7-2-18(16-30-25)26-23-12-19-14-29-15-20(19)13-24(23)31(22-5-3-21(28)4-6-22)27(26)17-8-10-34-11-9-17;1-25(2,3)24(31)30-20-13-19-21(12-16(20)14-28-30)29(18-6-4-17(26)5-7-18)23(22(19)27)15-8-10-32-11-9-15;1-13(11,12)6-3-2-5(4-8-6)7(9)10;1-3-4-2/h2-7,12-13,15-17H,8-11,14H2,1H3;4-7,12-15H,8-11H2,1-3H3;2-4,9-10H,1H3;. The Morgan fingerprint density at radius 2 is 1.21 bits per heavy atom. The molecule has 2 N–H and O–H groups in total. The van der Waals surface area contributed by atoms with Crippen molar-refractivity contribution < 1.29 is 49.9 Å². The molecule has 12 rings (SSSR count). The number of carbonyl (C=O) groups is 1. The predicted octanol–water partition coefficient (Wildman–Crippen LogP) is 9.52. The van der Waals surface area contributed by atoms with Crippen LogP contribution in [0.1, 0.15) is 85.6 Å². The number of hydrogen-bond donors (Lipinski definition) is 2. The van der Waals surface area contributed by atoms with E-state index in [9.17, 15) is 30.4 Å². The summed E-state index contributed by atoms with van der Waals surface area (Å²) >= 11 is 11.1. The van der Waals surface area contributed by atoms with Crippen molar-refractivity contribution in [3.63, 3.8) is 0 Å². The Morgan fingerprint density at radius 1 is 0.690 bits per heavy atom. The summed E-state index contributed by atoms with van der Waals surface area (Å²) < 4.78 is 91.9. The Labute approximate surface area is 514 Å². The van der Waals surface area contributed by atoms with Crippen molar-refractivity contribution in [1.29, 1.82) is 0 Å². The van der Waals surface area contributed by atoms with Crippen molar-refractivity contribution in [2.75, 3.05) is 38.9 Å². The summed E-state index contributed by atoms with van der Waals surface area (Å²) in [5, 5.41) is 24.8. The molecule has 0 atom stereocenters. The third kappa shape index (κ3) is 13.9. The highest BCUT2D eigenvalue weighted by Crippen LogP contribution is 2.45. The Bertz CT molecular complexity index is 4260. The Balaban J connectivity index is 0.000000159. The summed E-state index contributed by atoms with van der Waals surface area (Å²) in [5.74, 6) is -0.00813. The Kier molecular flexibility index (Phi) is 19.9. The van der Waals surface area contributed by atoms with Gasteiger partial charge in [0.05, 0.1) is 29.3 Å². The molecule has 0 amide bonds. The quantitative estimate of drug-likeness (QED) is 0.107. The topological polar surface area (TPSA) is 210 Å². The third-order valence-corrected chi connectivity index (χ3v) is 19.8. The third-order valence-electron chi connectivity index (χ3n) is 14.5. The molecule has 0 bridgehead atoms. The zero-order valence-electron chi connectivity index (χ0n) is 46.1. The molecule has 3 aliphatic heterocycles. The molecule has 438 valence electrons. The first-order valence-corrected chi connectivity index (χ1v) is 35.3. The summed E-state index contributed by atoms with van der Waals surface area (Å²) in [4.78, 5) is 25.3. The van der Waals surface area contributed by atoms with Gasteiger partial charge < -0.3 is 28.7 Å². The van der Waals surface area contributed by atoms with Crippen LogP contribution in [0.15, 0.2) is 131 Å². The van der Waals surface area contributed by atoms with E-state index in [0.29, 0.717) is 25.7 Å². The van der Waals surface area contributed by atoms with Gasteiger partial charge in [0.15, 0.2) is 29.7 Å². The molecule has 2 fully saturated rings. The van der Waals surface area contributed by atoms with E-state index in [-0.39, 0.29) is 39.0 Å². The van der Waals surface area contributed by atoms with Gasteiger partial charge in [-0.2, -0.15) is 9.78 Å². The highest BCUT2D eigenvalue weighted by Gasteiger charge is 2.31. The van der Waals surface area contributed by atoms with Crippen molar-refractivity contribution in [1.82, 2.24) is 28.9 Å². The first-order chi connectivity index (χ1) is 40.0. The van der Waals surface area contributed by atoms with Gasteiger partial charge in [0.1, 0.15) is 11.6 Å². The van der Waals surface area contributed by atoms with Crippen molar-refractivity contribution >= 4 is 140 Å². The van der Waals surface area contributed by atoms with E-state index in [1.54, 1.807) is 30.6 Å². The molecule has 2 saturated heterocycles. The maximum atomic E-state index is 13.9. The average molecular weight is 1360 g/mol. The van der Waals surface area contributed by atoms with Gasteiger partial charge in [-0.3, -0.25) is 9.79 Å². The van der Waals surface area contributed by atoms with Crippen LogP contribution in [0, 0.1) is 20.6 Å². The number of halogens is 3. The molecule has 3 aliphatic rings. The van der Waals surface area contributed by atoms with Gasteiger partial charge in [-0.15, -0.1) is 0 Å². The molecule has 16 nitrogen and oxygen atoms in total. The second-order valence-electron chi connectivity index (χ2n) is 21.3. The van der Waals surface area contributed by atoms with Crippen LogP contribution in [-0.4, -0.2) is 114 Å². The van der Waals surface area contributed by atoms with Gasteiger partial charge in [-0.05, 0) is 150 Å². The average Bonchev–Trinajstić information content (AvgIpc) is 1.67. The van der Waals surface area contributed by atoms with Crippen LogP contribution in [-0.2, 0) is 75.8 Å². The number of sulfone groups is 2. The molecule has 4 aromatic carbocycles. The molecule has 84 heavy (non-hydrogen) atoms. The maximum absolute atomic E-state index is 13.9. The van der Waals surface area contributed by atoms with E-state index >= 15 is 0 Å². The number of ether oxygens (including phenoxy) is 2. The lowest BCUT2D eigenvalue weighted by Gasteiger charge is -2.25. The summed E-state index contributed by atoms with van der Waals surface area (Å²) in [6.07, 6.45) is 12.2. The van der Waals surface area contributed by atoms with Crippen molar-refractivity contribution in [2.24, 2.45) is 10.4 Å². The van der Waals surface area contributed by atoms with E-state index in [1.807, 2.05) is 45.2 Å². The number of aromatic nitrogens is 6. The molecule has 0 spiro atoms. The lowest BCUT2D eigenvalue weighted by atomic mass is 9.82. The molecule has 9 aromatic rings. The van der Waals surface area contributed by atoms with E-state index in [2.05, 4.69) is 98.4 Å². The van der Waals surface area contributed by atoms with Crippen molar-refractivity contribution in [3.05, 3.63) is 153 Å². The van der Waals surface area contributed by atoms with Gasteiger partial charge in [0, 0.05) is 174 Å². The van der Waals surface area contributed by atoms with Crippen LogP contribution in [0.5, 0.6) is 0 Å². The number of fused-ring (bicyclic) bond motifs is 4. The SMILES string of the molecule is CC(C)(C)C(=O)n1ncc2cc3c(cc21)c(I)c(C1CCOCC1)n3-c1ccc(F)cc1.CS(=O)(=O)c1ccc(-c2c(C3CCOCC3)n(-c3ccc(F)cc3)c3cc4c(cc23)CN=C4)cn1.CS(=O)(=O)c1ccc(B(O)O)cn1.S=S=S=S. The van der Waals surface area contributed by atoms with Crippen molar-refractivity contribution in [2.45, 2.75) is 74.9 Å². The van der Waals surface area contributed by atoms with E-state index in [0.717, 1.165) is 133 Å². The van der Waals surface area contributed by atoms with Crippen molar-refractivity contribution in [3.8, 4) is 22.5 Å². The monoisotopic (exact) mass is 1360 g/mol. The largest absolute Gasteiger partial charge is 0.490 e. The number of hydrogen-bond acceptors (Lipinski definition) is 15. The maximum Gasteiger partial charge on any atom is 0.490 e. The number of nitrogens with zero attached hydrogens (tertiary/aromatic N) is 7. The van der Waals surface area contributed by atoms with Gasteiger partial charge in [0.2, 0.25) is 0 Å². The van der Waals surface area contributed by atoms with E-state index in [4.69, 9.17) is 19.5 Å². The number of pyridine rings is 2. The van der Waals surface area contributed by atoms with Gasteiger partial charge >= 0.3 is 7.12 Å². The fraction of sp³-hybridized carbons (Fsp3) is 0.293. The molecule has 26 heteroatoms. The van der Waals surface area contributed by atoms with Crippen LogP contribution in [0.2, 0.25) is 0 Å². The lowest BCUT2D eigenvalue weighted by Crippen LogP contribution is -2.30. The fourth-order valence-electron chi connectivity index (χ4n) is 10.4. The molecule has 8 heterocycles. The minimum Gasteiger partial charge on any atom is -0.423 e. The van der Waals surface area contributed by atoms with Crippen LogP contribution in [0.25, 0.3) is 55.2 Å². The van der Waals surface area contributed by atoms with Crippen LogP contribution < -0.4 is 5.46 Å². The van der Waals surface area contributed by atoms with Crippen LogP contribution in [0.4, 0.5) is 8.78 Å². The van der Waals surface area contributed by atoms with Crippen LogP contribution in [0.3, 0.4) is 0 Å². The minimum atomic E-state index is -3.41. The number of benzene rings is 4. The molecular weight excluding hydrogens is 1310 g/mol. The summed E-state index contributed by atoms with van der Waals surface area (Å²) in [6.45, 7) is 9.15. The summed E-state index contributed by atoms with van der Waals surface area (Å²) in [7, 11) is -6.01. The smallest absolute Gasteiger partial charge is 0.423 e. The molecule has 5 aromatic heterocycles. The Hall–Kier alpha value is -5.66. The van der Waals surface area contributed by atoms with E-state index < -0.39 is 32.2 Å². The predicted molar refractivity (Wildman–Crippen MR) is 342 cm³/mol. The van der Waals surface area contributed by atoms with Gasteiger partial charge in [-0.25, -0.2) is 35.6 Å². The van der Waals surface area contributed by atoms with E-state index in [1.165, 1.54) is 64.5 Å². The summed E-state index contributed by atoms with van der Waals surface area (Å²) in [6, 6.07) is 27.6. The van der Waals surface area contributed by atoms with Crippen LogP contribution >= 0.6 is 22.6 Å². The highest BCUT2D eigenvalue weighted by molar-refractivity contribution is 14.1. The number of aliphatic imine (C=N–C) groups is 1. The zero-order valence-corrected chi connectivity index (χ0v) is 53.2. The number of rotatable bonds is 8. The molecule has 0 aliphatic carbocycles. The molecule has 0 unspecified atom stereocenters. The molecule has 0 saturated carbocycles. The van der Waals surface area contributed by atoms with Gasteiger partial charge in [0.25, 0.3) is 5.91 Å². The summed E-state index contributed by atoms with van der Waals surface area (Å²) in [5.41, 5.74) is 10.7. The lowest BCUT2D eigenvalue weighted by molar-refractivity contribution is 0.0755. The first-order valence-electron chi connectivity index (χ1n) is 26.4. The Morgan fingerprint density at radius 3 is 1.70 bits per heavy atom. The fourth-order valence-corrected chi connectivity index (χ4v) is 12.7. The normalized spacial score (nSPS) is 14.7.